The first kappa shape index (κ1) is 14.9. The van der Waals surface area contributed by atoms with Crippen LogP contribution in [0.4, 0.5) is 0 Å². The Balaban J connectivity index is 2.54. The predicted molar refractivity (Wildman–Crippen MR) is 78.2 cm³/mol. The average molecular weight is 305 g/mol. The zero-order valence-corrected chi connectivity index (χ0v) is 12.2. The van der Waals surface area contributed by atoms with Crippen LogP contribution in [-0.2, 0) is 9.53 Å². The summed E-state index contributed by atoms with van der Waals surface area (Å²) in [6, 6.07) is 6.46. The summed E-state index contributed by atoms with van der Waals surface area (Å²) in [5, 5.41) is 14.5. The van der Waals surface area contributed by atoms with Crippen molar-refractivity contribution < 1.29 is 9.53 Å². The number of carbonyl (C=O) groups is 1. The van der Waals surface area contributed by atoms with Gasteiger partial charge >= 0.3 is 5.97 Å². The minimum absolute atomic E-state index is 0.257. The highest BCUT2D eigenvalue weighted by molar-refractivity contribution is 6.31. The fourth-order valence-electron chi connectivity index (χ4n) is 2.09. The summed E-state index contributed by atoms with van der Waals surface area (Å²) in [6.45, 7) is 1.71. The van der Waals surface area contributed by atoms with E-state index in [0.717, 1.165) is 0 Å². The number of esters is 1. The maximum Gasteiger partial charge on any atom is 0.338 e. The molecule has 21 heavy (non-hydrogen) atoms. The van der Waals surface area contributed by atoms with Gasteiger partial charge in [0.05, 0.1) is 12.7 Å². The molecule has 0 bridgehead atoms. The van der Waals surface area contributed by atoms with E-state index >= 15 is 0 Å². The van der Waals surface area contributed by atoms with Crippen molar-refractivity contribution in [1.29, 1.82) is 5.26 Å². The first-order valence-electron chi connectivity index (χ1n) is 6.12. The van der Waals surface area contributed by atoms with Crippen molar-refractivity contribution in [3.05, 3.63) is 46.1 Å². The van der Waals surface area contributed by atoms with Crippen LogP contribution >= 0.6 is 11.6 Å². The number of methoxy groups -OCH3 is 1. The normalized spacial score (nSPS) is 17.4. The maximum atomic E-state index is 12.0. The number of halogens is 1. The molecule has 1 aromatic rings. The molecule has 0 spiro atoms. The molecule has 0 aromatic heterocycles. The summed E-state index contributed by atoms with van der Waals surface area (Å²) >= 11 is 6.19. The Morgan fingerprint density at radius 1 is 1.52 bits per heavy atom. The number of carbonyl (C=O) groups excluding carboxylic acids is 1. The number of nitrogens with one attached hydrogen (secondary N) is 2. The van der Waals surface area contributed by atoms with Gasteiger partial charge in [0.2, 0.25) is 5.96 Å². The monoisotopic (exact) mass is 304 g/mol. The molecule has 1 atom stereocenters. The Bertz CT molecular complexity index is 676. The maximum absolute atomic E-state index is 12.0. The molecule has 0 aliphatic carbocycles. The van der Waals surface area contributed by atoms with Gasteiger partial charge in [-0.05, 0) is 13.0 Å². The molecule has 0 unspecified atom stereocenters. The number of hydrogen-bond donors (Lipinski definition) is 2. The molecule has 1 aliphatic rings. The Hall–Kier alpha value is -2.52. The molecular weight excluding hydrogens is 292 g/mol. The van der Waals surface area contributed by atoms with Crippen LogP contribution in [0, 0.1) is 11.5 Å². The molecular formula is C14H13ClN4O2. The van der Waals surface area contributed by atoms with Crippen molar-refractivity contribution in [3.8, 4) is 6.19 Å². The van der Waals surface area contributed by atoms with Gasteiger partial charge in [-0.3, -0.25) is 5.32 Å². The third kappa shape index (κ3) is 2.98. The van der Waals surface area contributed by atoms with E-state index < -0.39 is 12.0 Å². The number of aliphatic imine (C=N–C) groups is 1. The van der Waals surface area contributed by atoms with Crippen molar-refractivity contribution in [2.45, 2.75) is 13.0 Å². The molecule has 1 heterocycles. The largest absolute Gasteiger partial charge is 0.466 e. The van der Waals surface area contributed by atoms with E-state index in [9.17, 15) is 4.79 Å². The number of rotatable bonds is 2. The van der Waals surface area contributed by atoms with Crippen molar-refractivity contribution in [2.75, 3.05) is 7.11 Å². The number of allylic oxidation sites excluding steroid dienone is 1. The Morgan fingerprint density at radius 3 is 2.86 bits per heavy atom. The SMILES string of the molecule is COC(=O)C1=C(C)NC(NC#N)=N[C@@H]1c1ccccc1Cl. The summed E-state index contributed by atoms with van der Waals surface area (Å²) in [7, 11) is 1.30. The number of ether oxygens (including phenoxy) is 1. The van der Waals surface area contributed by atoms with Gasteiger partial charge in [0.25, 0.3) is 0 Å². The van der Waals surface area contributed by atoms with Gasteiger partial charge in [-0.2, -0.15) is 5.26 Å². The first-order chi connectivity index (χ1) is 10.1. The fraction of sp³-hybridized carbons (Fsp3) is 0.214. The molecule has 1 aliphatic heterocycles. The van der Waals surface area contributed by atoms with Gasteiger partial charge in [0.15, 0.2) is 6.19 Å². The van der Waals surface area contributed by atoms with Crippen molar-refractivity contribution in [3.63, 3.8) is 0 Å². The van der Waals surface area contributed by atoms with E-state index in [-0.39, 0.29) is 5.96 Å². The van der Waals surface area contributed by atoms with Gasteiger partial charge in [-0.15, -0.1) is 0 Å². The van der Waals surface area contributed by atoms with E-state index in [1.807, 2.05) is 0 Å². The smallest absolute Gasteiger partial charge is 0.338 e. The third-order valence-corrected chi connectivity index (χ3v) is 3.37. The molecule has 0 radical (unpaired) electrons. The van der Waals surface area contributed by atoms with E-state index in [1.165, 1.54) is 7.11 Å². The van der Waals surface area contributed by atoms with Gasteiger partial charge < -0.3 is 10.1 Å². The fourth-order valence-corrected chi connectivity index (χ4v) is 2.33. The second kappa shape index (κ2) is 6.29. The summed E-state index contributed by atoms with van der Waals surface area (Å²) in [5.41, 5.74) is 1.58. The minimum atomic E-state index is -0.636. The quantitative estimate of drug-likeness (QED) is 0.495. The topological polar surface area (TPSA) is 86.5 Å². The zero-order valence-electron chi connectivity index (χ0n) is 11.5. The summed E-state index contributed by atoms with van der Waals surface area (Å²) in [4.78, 5) is 16.4. The molecule has 2 N–H and O–H groups in total. The summed E-state index contributed by atoms with van der Waals surface area (Å²) < 4.78 is 4.81. The lowest BCUT2D eigenvalue weighted by atomic mass is 9.96. The van der Waals surface area contributed by atoms with Gasteiger partial charge in [0.1, 0.15) is 6.04 Å². The summed E-state index contributed by atoms with van der Waals surface area (Å²) in [5.74, 6) is -0.239. The van der Waals surface area contributed by atoms with E-state index in [2.05, 4.69) is 15.6 Å². The van der Waals surface area contributed by atoms with Crippen LogP contribution in [0.1, 0.15) is 18.5 Å². The molecule has 1 aromatic carbocycles. The highest BCUT2D eigenvalue weighted by Crippen LogP contribution is 2.34. The van der Waals surface area contributed by atoms with Crippen LogP contribution < -0.4 is 10.6 Å². The van der Waals surface area contributed by atoms with Gasteiger partial charge in [-0.1, -0.05) is 29.8 Å². The number of guanidine groups is 1. The molecule has 0 saturated heterocycles. The molecule has 108 valence electrons. The lowest BCUT2D eigenvalue weighted by molar-refractivity contribution is -0.136. The molecule has 6 nitrogen and oxygen atoms in total. The van der Waals surface area contributed by atoms with Crippen LogP contribution in [0.15, 0.2) is 40.5 Å². The number of nitriles is 1. The Morgan fingerprint density at radius 2 is 2.24 bits per heavy atom. The number of hydrogen-bond acceptors (Lipinski definition) is 6. The van der Waals surface area contributed by atoms with Crippen molar-refractivity contribution in [1.82, 2.24) is 10.6 Å². The summed E-state index contributed by atoms with van der Waals surface area (Å²) in [6.07, 6.45) is 1.79. The highest BCUT2D eigenvalue weighted by Gasteiger charge is 2.31. The molecule has 0 fully saturated rings. The predicted octanol–water partition coefficient (Wildman–Crippen LogP) is 1.86. The second-order valence-electron chi connectivity index (χ2n) is 4.29. The van der Waals surface area contributed by atoms with Crippen LogP contribution in [0.25, 0.3) is 0 Å². The average Bonchev–Trinajstić information content (AvgIpc) is 2.47. The lowest BCUT2D eigenvalue weighted by Crippen LogP contribution is -2.39. The van der Waals surface area contributed by atoms with Gasteiger partial charge in [0, 0.05) is 16.3 Å². The van der Waals surface area contributed by atoms with Crippen LogP contribution in [-0.4, -0.2) is 19.0 Å². The molecule has 7 heteroatoms. The molecule has 0 saturated carbocycles. The first-order valence-corrected chi connectivity index (χ1v) is 6.49. The van der Waals surface area contributed by atoms with Crippen LogP contribution in [0.5, 0.6) is 0 Å². The lowest BCUT2D eigenvalue weighted by Gasteiger charge is -2.25. The van der Waals surface area contributed by atoms with E-state index in [0.29, 0.717) is 21.9 Å². The Kier molecular flexibility index (Phi) is 4.45. The van der Waals surface area contributed by atoms with E-state index in [4.69, 9.17) is 21.6 Å². The second-order valence-corrected chi connectivity index (χ2v) is 4.70. The minimum Gasteiger partial charge on any atom is -0.466 e. The Labute approximate surface area is 127 Å². The highest BCUT2D eigenvalue weighted by atomic mass is 35.5. The number of nitrogens with zero attached hydrogens (tertiary/aromatic N) is 2. The van der Waals surface area contributed by atoms with Gasteiger partial charge in [-0.25, -0.2) is 9.79 Å². The van der Waals surface area contributed by atoms with Crippen LogP contribution in [0.3, 0.4) is 0 Å². The van der Waals surface area contributed by atoms with Crippen LogP contribution in [0.2, 0.25) is 5.02 Å². The molecule has 2 rings (SSSR count). The third-order valence-electron chi connectivity index (χ3n) is 3.02. The van der Waals surface area contributed by atoms with Crippen molar-refractivity contribution in [2.24, 2.45) is 4.99 Å². The molecule has 0 amide bonds. The van der Waals surface area contributed by atoms with E-state index in [1.54, 1.807) is 37.4 Å². The number of benzene rings is 1. The standard InChI is InChI=1S/C14H13ClN4O2/c1-8-11(13(20)21-2)12(19-14(18-8)17-7-16)9-5-3-4-6-10(9)15/h3-6,12H,1-2H3,(H2,17,18,19)/t12-/m1/s1. The van der Waals surface area contributed by atoms with Crippen molar-refractivity contribution >= 4 is 23.5 Å². The zero-order chi connectivity index (χ0) is 15.4.